The van der Waals surface area contributed by atoms with E-state index in [0.717, 1.165) is 30.1 Å². The molecule has 0 bridgehead atoms. The van der Waals surface area contributed by atoms with Crippen LogP contribution in [0.4, 0.5) is 0 Å². The highest BCUT2D eigenvalue weighted by Gasteiger charge is 2.13. The number of ether oxygens (including phenoxy) is 1. The minimum absolute atomic E-state index is 0.448. The zero-order valence-electron chi connectivity index (χ0n) is 16.2. The second kappa shape index (κ2) is 9.56. The van der Waals surface area contributed by atoms with Gasteiger partial charge in [-0.05, 0) is 54.3 Å². The standard InChI is InChI=1S/C23H30N2O2/c1-27-22-15-20(23(24)26)10-11-21(22)19-9-5-8-18(14-19)16-25-13-12-17-6-3-2-4-7-17/h5,8-11,14-15,17,25H,2-4,6-7,12-13,16H2,1H3,(H2,24,26). The molecule has 4 heteroatoms. The maximum absolute atomic E-state index is 11.4. The molecule has 0 heterocycles. The molecule has 0 aliphatic heterocycles. The first-order chi connectivity index (χ1) is 13.2. The zero-order valence-corrected chi connectivity index (χ0v) is 16.2. The molecule has 3 N–H and O–H groups in total. The van der Waals surface area contributed by atoms with Crippen molar-refractivity contribution in [3.63, 3.8) is 0 Å². The van der Waals surface area contributed by atoms with Gasteiger partial charge in [0.1, 0.15) is 5.75 Å². The molecule has 2 aromatic carbocycles. The van der Waals surface area contributed by atoms with Gasteiger partial charge < -0.3 is 15.8 Å². The molecule has 1 fully saturated rings. The van der Waals surface area contributed by atoms with E-state index < -0.39 is 5.91 Å². The van der Waals surface area contributed by atoms with Crippen molar-refractivity contribution in [1.82, 2.24) is 5.32 Å². The maximum Gasteiger partial charge on any atom is 0.248 e. The predicted molar refractivity (Wildman–Crippen MR) is 110 cm³/mol. The van der Waals surface area contributed by atoms with E-state index in [9.17, 15) is 4.79 Å². The molecular weight excluding hydrogens is 336 g/mol. The average molecular weight is 367 g/mol. The van der Waals surface area contributed by atoms with Gasteiger partial charge in [0.25, 0.3) is 0 Å². The van der Waals surface area contributed by atoms with Gasteiger partial charge in [0.05, 0.1) is 7.11 Å². The van der Waals surface area contributed by atoms with Crippen molar-refractivity contribution in [1.29, 1.82) is 0 Å². The van der Waals surface area contributed by atoms with Gasteiger partial charge in [0, 0.05) is 17.7 Å². The van der Waals surface area contributed by atoms with Crippen LogP contribution in [0.15, 0.2) is 42.5 Å². The number of benzene rings is 2. The normalized spacial score (nSPS) is 14.9. The van der Waals surface area contributed by atoms with E-state index in [4.69, 9.17) is 10.5 Å². The zero-order chi connectivity index (χ0) is 19.1. The summed E-state index contributed by atoms with van der Waals surface area (Å²) in [5.74, 6) is 1.12. The molecule has 1 aliphatic rings. The lowest BCUT2D eigenvalue weighted by molar-refractivity contribution is 0.1000. The Morgan fingerprint density at radius 1 is 1.15 bits per heavy atom. The molecule has 4 nitrogen and oxygen atoms in total. The fourth-order valence-electron chi connectivity index (χ4n) is 3.95. The molecule has 0 spiro atoms. The number of carbonyl (C=O) groups is 1. The van der Waals surface area contributed by atoms with Crippen LogP contribution >= 0.6 is 0 Å². The monoisotopic (exact) mass is 366 g/mol. The van der Waals surface area contributed by atoms with Gasteiger partial charge in [-0.15, -0.1) is 0 Å². The number of nitrogens with one attached hydrogen (secondary N) is 1. The van der Waals surface area contributed by atoms with Crippen LogP contribution in [0.5, 0.6) is 5.75 Å². The molecule has 27 heavy (non-hydrogen) atoms. The van der Waals surface area contributed by atoms with Crippen molar-refractivity contribution in [3.8, 4) is 16.9 Å². The summed E-state index contributed by atoms with van der Waals surface area (Å²) in [5.41, 5.74) is 9.11. The highest BCUT2D eigenvalue weighted by molar-refractivity contribution is 5.94. The summed E-state index contributed by atoms with van der Waals surface area (Å²) in [5, 5.41) is 3.59. The van der Waals surface area contributed by atoms with E-state index in [0.29, 0.717) is 11.3 Å². The Morgan fingerprint density at radius 3 is 2.70 bits per heavy atom. The molecule has 1 amide bonds. The van der Waals surface area contributed by atoms with Crippen LogP contribution in [0.1, 0.15) is 54.4 Å². The Kier molecular flexibility index (Phi) is 6.88. The molecular formula is C23H30N2O2. The fraction of sp³-hybridized carbons (Fsp3) is 0.435. The fourth-order valence-corrected chi connectivity index (χ4v) is 3.95. The minimum atomic E-state index is -0.448. The van der Waals surface area contributed by atoms with Gasteiger partial charge in [0.2, 0.25) is 5.91 Å². The summed E-state index contributed by atoms with van der Waals surface area (Å²) in [7, 11) is 1.61. The summed E-state index contributed by atoms with van der Waals surface area (Å²) >= 11 is 0. The van der Waals surface area contributed by atoms with Crippen LogP contribution in [-0.4, -0.2) is 19.6 Å². The van der Waals surface area contributed by atoms with Crippen LogP contribution in [0, 0.1) is 5.92 Å². The van der Waals surface area contributed by atoms with Crippen molar-refractivity contribution < 1.29 is 9.53 Å². The number of nitrogens with two attached hydrogens (primary N) is 1. The number of hydrogen-bond donors (Lipinski definition) is 2. The van der Waals surface area contributed by atoms with Crippen LogP contribution in [0.2, 0.25) is 0 Å². The molecule has 0 atom stereocenters. The first kappa shape index (κ1) is 19.4. The van der Waals surface area contributed by atoms with Gasteiger partial charge in [-0.25, -0.2) is 0 Å². The number of primary amides is 1. The molecule has 144 valence electrons. The van der Waals surface area contributed by atoms with Crippen molar-refractivity contribution in [2.75, 3.05) is 13.7 Å². The van der Waals surface area contributed by atoms with E-state index in [2.05, 4.69) is 29.6 Å². The number of methoxy groups -OCH3 is 1. The lowest BCUT2D eigenvalue weighted by Gasteiger charge is -2.21. The van der Waals surface area contributed by atoms with Crippen LogP contribution in [-0.2, 0) is 6.54 Å². The lowest BCUT2D eigenvalue weighted by atomic mass is 9.87. The summed E-state index contributed by atoms with van der Waals surface area (Å²) < 4.78 is 5.47. The third kappa shape index (κ3) is 5.33. The van der Waals surface area contributed by atoms with E-state index in [-0.39, 0.29) is 0 Å². The van der Waals surface area contributed by atoms with E-state index in [1.165, 1.54) is 44.1 Å². The number of amides is 1. The van der Waals surface area contributed by atoms with Gasteiger partial charge in [-0.1, -0.05) is 50.3 Å². The summed E-state index contributed by atoms with van der Waals surface area (Å²) in [6, 6.07) is 13.8. The van der Waals surface area contributed by atoms with Crippen molar-refractivity contribution in [2.24, 2.45) is 11.7 Å². The third-order valence-electron chi connectivity index (χ3n) is 5.51. The van der Waals surface area contributed by atoms with Crippen LogP contribution in [0.25, 0.3) is 11.1 Å². The Balaban J connectivity index is 1.62. The first-order valence-electron chi connectivity index (χ1n) is 9.95. The first-order valence-corrected chi connectivity index (χ1v) is 9.95. The van der Waals surface area contributed by atoms with Crippen molar-refractivity contribution in [3.05, 3.63) is 53.6 Å². The van der Waals surface area contributed by atoms with E-state index in [1.54, 1.807) is 19.2 Å². The number of hydrogen-bond acceptors (Lipinski definition) is 3. The largest absolute Gasteiger partial charge is 0.496 e. The predicted octanol–water partition coefficient (Wildman–Crippen LogP) is 4.52. The molecule has 0 saturated heterocycles. The van der Waals surface area contributed by atoms with E-state index in [1.807, 2.05) is 6.07 Å². The summed E-state index contributed by atoms with van der Waals surface area (Å²) in [6.45, 7) is 1.94. The number of rotatable bonds is 8. The van der Waals surface area contributed by atoms with Gasteiger partial charge >= 0.3 is 0 Å². The molecule has 0 aromatic heterocycles. The quantitative estimate of drug-likeness (QED) is 0.675. The van der Waals surface area contributed by atoms with Crippen LogP contribution < -0.4 is 15.8 Å². The second-order valence-electron chi connectivity index (χ2n) is 7.45. The SMILES string of the molecule is COc1cc(C(N)=O)ccc1-c1cccc(CNCCC2CCCCC2)c1. The highest BCUT2D eigenvalue weighted by atomic mass is 16.5. The lowest BCUT2D eigenvalue weighted by Crippen LogP contribution is -2.19. The van der Waals surface area contributed by atoms with Gasteiger partial charge in [0.15, 0.2) is 0 Å². The smallest absolute Gasteiger partial charge is 0.248 e. The molecule has 3 rings (SSSR count). The summed E-state index contributed by atoms with van der Waals surface area (Å²) in [4.78, 5) is 11.4. The Bertz CT molecular complexity index is 767. The molecule has 2 aromatic rings. The Morgan fingerprint density at radius 2 is 1.96 bits per heavy atom. The minimum Gasteiger partial charge on any atom is -0.496 e. The van der Waals surface area contributed by atoms with Gasteiger partial charge in [-0.2, -0.15) is 0 Å². The molecule has 0 radical (unpaired) electrons. The second-order valence-corrected chi connectivity index (χ2v) is 7.45. The maximum atomic E-state index is 11.4. The highest BCUT2D eigenvalue weighted by Crippen LogP contribution is 2.31. The Labute approximate surface area is 162 Å². The topological polar surface area (TPSA) is 64.3 Å². The third-order valence-corrected chi connectivity index (χ3v) is 5.51. The Hall–Kier alpha value is -2.33. The molecule has 0 unspecified atom stereocenters. The summed E-state index contributed by atoms with van der Waals surface area (Å²) in [6.07, 6.45) is 8.31. The van der Waals surface area contributed by atoms with Crippen LogP contribution in [0.3, 0.4) is 0 Å². The molecule has 1 saturated carbocycles. The molecule has 1 aliphatic carbocycles. The van der Waals surface area contributed by atoms with Gasteiger partial charge in [-0.3, -0.25) is 4.79 Å². The number of carbonyl (C=O) groups excluding carboxylic acids is 1. The van der Waals surface area contributed by atoms with E-state index >= 15 is 0 Å². The average Bonchev–Trinajstić information content (AvgIpc) is 2.71. The van der Waals surface area contributed by atoms with Crippen molar-refractivity contribution in [2.45, 2.75) is 45.1 Å². The van der Waals surface area contributed by atoms with Crippen molar-refractivity contribution >= 4 is 5.91 Å².